The molecule has 1 aromatic carbocycles. The average molecular weight is 410 g/mol. The van der Waals surface area contributed by atoms with Crippen LogP contribution in [-0.4, -0.2) is 32.8 Å². The van der Waals surface area contributed by atoms with Crippen LogP contribution in [0.2, 0.25) is 0 Å². The number of fused-ring (bicyclic) bond motifs is 1. The third-order valence-electron chi connectivity index (χ3n) is 5.90. The van der Waals surface area contributed by atoms with Gasteiger partial charge in [0.15, 0.2) is 11.8 Å². The second-order valence-electron chi connectivity index (χ2n) is 8.08. The molecular weight excluding hydrogens is 384 g/mol. The molecule has 3 aromatic heterocycles. The van der Waals surface area contributed by atoms with Crippen molar-refractivity contribution in [2.45, 2.75) is 32.7 Å². The highest BCUT2D eigenvalue weighted by Gasteiger charge is 2.35. The highest BCUT2D eigenvalue weighted by molar-refractivity contribution is 7.17. The van der Waals surface area contributed by atoms with E-state index in [0.717, 1.165) is 23.9 Å². The molecule has 0 spiro atoms. The highest BCUT2D eigenvalue weighted by Crippen LogP contribution is 2.36. The lowest BCUT2D eigenvalue weighted by atomic mass is 9.94. The zero-order valence-electron chi connectivity index (χ0n) is 16.6. The second-order valence-corrected chi connectivity index (χ2v) is 9.09. The molecule has 1 aliphatic rings. The fraction of sp³-hybridized carbons (Fsp3) is 0.364. The van der Waals surface area contributed by atoms with Gasteiger partial charge in [0, 0.05) is 5.56 Å². The second kappa shape index (κ2) is 7.31. The van der Waals surface area contributed by atoms with Gasteiger partial charge in [-0.3, -0.25) is 0 Å². The summed E-state index contributed by atoms with van der Waals surface area (Å²) in [6, 6.07) is 12.4. The topological polar surface area (TPSA) is 68.0 Å². The fourth-order valence-corrected chi connectivity index (χ4v) is 5.43. The first-order valence-corrected chi connectivity index (χ1v) is 10.9. The SMILES string of the molecule is Cc1cccc([C@@H](c2sc3nc(-c4ccco4)nn3c2O)[NH+]2CCC(C)CC2)c1. The Balaban J connectivity index is 1.59. The minimum absolute atomic E-state index is 0.0861. The van der Waals surface area contributed by atoms with Crippen molar-refractivity contribution in [1.29, 1.82) is 0 Å². The average Bonchev–Trinajstić information content (AvgIpc) is 3.43. The van der Waals surface area contributed by atoms with Crippen LogP contribution in [0, 0.1) is 12.8 Å². The van der Waals surface area contributed by atoms with E-state index in [1.807, 2.05) is 12.1 Å². The molecule has 150 valence electrons. The number of aromatic hydroxyl groups is 1. The maximum absolute atomic E-state index is 11.1. The van der Waals surface area contributed by atoms with Crippen molar-refractivity contribution in [3.63, 3.8) is 0 Å². The number of aryl methyl sites for hydroxylation is 1. The van der Waals surface area contributed by atoms with E-state index < -0.39 is 0 Å². The molecule has 0 saturated carbocycles. The summed E-state index contributed by atoms with van der Waals surface area (Å²) < 4.78 is 6.95. The minimum Gasteiger partial charge on any atom is -0.492 e. The van der Waals surface area contributed by atoms with Gasteiger partial charge in [0.25, 0.3) is 0 Å². The molecule has 29 heavy (non-hydrogen) atoms. The Kier molecular flexibility index (Phi) is 4.64. The Hall–Kier alpha value is -2.64. The van der Waals surface area contributed by atoms with Gasteiger partial charge in [0.05, 0.1) is 19.4 Å². The van der Waals surface area contributed by atoms with Crippen molar-refractivity contribution < 1.29 is 14.4 Å². The van der Waals surface area contributed by atoms with Crippen LogP contribution in [0.3, 0.4) is 0 Å². The molecule has 6 nitrogen and oxygen atoms in total. The molecule has 4 heterocycles. The number of aromatic nitrogens is 3. The van der Waals surface area contributed by atoms with Gasteiger partial charge in [0.2, 0.25) is 16.7 Å². The lowest BCUT2D eigenvalue weighted by Gasteiger charge is -2.33. The highest BCUT2D eigenvalue weighted by atomic mass is 32.1. The van der Waals surface area contributed by atoms with Gasteiger partial charge < -0.3 is 14.4 Å². The number of rotatable bonds is 4. The van der Waals surface area contributed by atoms with Crippen molar-refractivity contribution in [1.82, 2.24) is 14.6 Å². The third kappa shape index (κ3) is 3.34. The van der Waals surface area contributed by atoms with Crippen LogP contribution >= 0.6 is 11.3 Å². The zero-order valence-corrected chi connectivity index (χ0v) is 17.4. The van der Waals surface area contributed by atoms with Gasteiger partial charge in [-0.15, -0.1) is 5.10 Å². The molecule has 4 aromatic rings. The quantitative estimate of drug-likeness (QED) is 0.542. The Bertz CT molecular complexity index is 1120. The number of benzene rings is 1. The Labute approximate surface area is 173 Å². The van der Waals surface area contributed by atoms with Gasteiger partial charge in [0.1, 0.15) is 4.88 Å². The maximum atomic E-state index is 11.1. The van der Waals surface area contributed by atoms with E-state index in [0.29, 0.717) is 16.5 Å². The summed E-state index contributed by atoms with van der Waals surface area (Å²) in [6.07, 6.45) is 4.02. The number of piperidine rings is 1. The Morgan fingerprint density at radius 2 is 2.07 bits per heavy atom. The number of nitrogens with zero attached hydrogens (tertiary/aromatic N) is 3. The largest absolute Gasteiger partial charge is 0.492 e. The van der Waals surface area contributed by atoms with E-state index in [9.17, 15) is 5.11 Å². The van der Waals surface area contributed by atoms with Gasteiger partial charge in [-0.25, -0.2) is 0 Å². The molecule has 5 rings (SSSR count). The third-order valence-corrected chi connectivity index (χ3v) is 6.99. The maximum Gasteiger partial charge on any atom is 0.235 e. The normalized spacial score (nSPS) is 20.9. The summed E-state index contributed by atoms with van der Waals surface area (Å²) in [6.45, 7) is 6.65. The summed E-state index contributed by atoms with van der Waals surface area (Å²) in [5.74, 6) is 2.05. The summed E-state index contributed by atoms with van der Waals surface area (Å²) in [7, 11) is 0. The van der Waals surface area contributed by atoms with E-state index in [1.165, 1.54) is 40.2 Å². The predicted octanol–water partition coefficient (Wildman–Crippen LogP) is 3.47. The summed E-state index contributed by atoms with van der Waals surface area (Å²) in [4.78, 5) is 7.71. The van der Waals surface area contributed by atoms with Crippen LogP contribution in [0.5, 0.6) is 5.88 Å². The first kappa shape index (κ1) is 18.4. The molecular formula is C22H25N4O2S+. The lowest BCUT2D eigenvalue weighted by Crippen LogP contribution is -3.13. The van der Waals surface area contributed by atoms with Crippen molar-refractivity contribution in [3.8, 4) is 17.5 Å². The zero-order chi connectivity index (χ0) is 20.0. The Morgan fingerprint density at radius 1 is 1.24 bits per heavy atom. The van der Waals surface area contributed by atoms with Gasteiger partial charge in [-0.1, -0.05) is 42.0 Å². The van der Waals surface area contributed by atoms with Crippen molar-refractivity contribution in [2.24, 2.45) is 5.92 Å². The van der Waals surface area contributed by atoms with Crippen LogP contribution in [0.1, 0.15) is 41.8 Å². The van der Waals surface area contributed by atoms with Crippen molar-refractivity contribution >= 4 is 16.3 Å². The number of hydrogen-bond acceptors (Lipinski definition) is 5. The number of nitrogens with one attached hydrogen (secondary N) is 1. The van der Waals surface area contributed by atoms with E-state index in [2.05, 4.69) is 48.2 Å². The van der Waals surface area contributed by atoms with Gasteiger partial charge >= 0.3 is 0 Å². The van der Waals surface area contributed by atoms with Crippen molar-refractivity contribution in [2.75, 3.05) is 13.1 Å². The molecule has 0 aliphatic carbocycles. The fourth-order valence-electron chi connectivity index (χ4n) is 4.29. The number of hydrogen-bond donors (Lipinski definition) is 2. The van der Waals surface area contributed by atoms with Crippen LogP contribution in [-0.2, 0) is 0 Å². The van der Waals surface area contributed by atoms with Crippen LogP contribution in [0.15, 0.2) is 47.1 Å². The van der Waals surface area contributed by atoms with E-state index >= 15 is 0 Å². The predicted molar refractivity (Wildman–Crippen MR) is 112 cm³/mol. The first-order chi connectivity index (χ1) is 14.1. The molecule has 0 bridgehead atoms. The van der Waals surface area contributed by atoms with E-state index in [4.69, 9.17) is 4.42 Å². The summed E-state index contributed by atoms with van der Waals surface area (Å²) in [5.41, 5.74) is 2.47. The standard InChI is InChI=1S/C22H24N4O2S/c1-14-8-10-25(11-9-14)18(16-6-3-5-15(2)13-16)19-21(27)26-22(29-19)23-20(24-26)17-7-4-12-28-17/h3-7,12-14,18,27H,8-11H2,1-2H3/p+1/t18-/m0/s1. The molecule has 1 fully saturated rings. The molecule has 1 aliphatic heterocycles. The van der Waals surface area contributed by atoms with E-state index in [1.54, 1.807) is 10.8 Å². The van der Waals surface area contributed by atoms with Crippen LogP contribution < -0.4 is 4.90 Å². The van der Waals surface area contributed by atoms with Crippen molar-refractivity contribution in [3.05, 3.63) is 58.7 Å². The molecule has 0 amide bonds. The lowest BCUT2D eigenvalue weighted by molar-refractivity contribution is -0.931. The summed E-state index contributed by atoms with van der Waals surface area (Å²) in [5, 5.41) is 15.6. The number of thiazole rings is 1. The number of quaternary nitrogens is 1. The van der Waals surface area contributed by atoms with Gasteiger partial charge in [-0.05, 0) is 43.9 Å². The first-order valence-electron chi connectivity index (χ1n) is 10.1. The monoisotopic (exact) mass is 409 g/mol. The molecule has 0 unspecified atom stereocenters. The van der Waals surface area contributed by atoms with Crippen LogP contribution in [0.4, 0.5) is 0 Å². The Morgan fingerprint density at radius 3 is 2.76 bits per heavy atom. The van der Waals surface area contributed by atoms with Gasteiger partial charge in [-0.2, -0.15) is 9.50 Å². The minimum atomic E-state index is 0.0861. The molecule has 2 N–H and O–H groups in total. The molecule has 1 atom stereocenters. The van der Waals surface area contributed by atoms with Crippen LogP contribution in [0.25, 0.3) is 16.5 Å². The summed E-state index contributed by atoms with van der Waals surface area (Å²) >= 11 is 1.52. The molecule has 0 radical (unpaired) electrons. The number of likely N-dealkylation sites (tertiary alicyclic amines) is 1. The van der Waals surface area contributed by atoms with E-state index in [-0.39, 0.29) is 11.9 Å². The number of furan rings is 1. The molecule has 1 saturated heterocycles. The smallest absolute Gasteiger partial charge is 0.235 e. The molecule has 7 heteroatoms.